The van der Waals surface area contributed by atoms with Crippen molar-refractivity contribution in [2.45, 2.75) is 78.9 Å². The molecule has 0 amide bonds. The fraction of sp³-hybridized carbons (Fsp3) is 0.955. The van der Waals surface area contributed by atoms with Crippen LogP contribution in [0.4, 0.5) is 0 Å². The van der Waals surface area contributed by atoms with Crippen LogP contribution < -0.4 is 0 Å². The molecule has 3 rings (SSSR count). The van der Waals surface area contributed by atoms with Gasteiger partial charge in [-0.15, -0.1) is 0 Å². The molecule has 0 aromatic heterocycles. The van der Waals surface area contributed by atoms with Gasteiger partial charge >= 0.3 is 0 Å². The average molecular weight is 367 g/mol. The molecule has 150 valence electrons. The zero-order valence-electron chi connectivity index (χ0n) is 17.8. The third-order valence-electron chi connectivity index (χ3n) is 8.66. The largest absolute Gasteiger partial charge is 0.381 e. The van der Waals surface area contributed by atoms with Crippen LogP contribution in [-0.4, -0.2) is 39.0 Å². The molecule has 0 radical (unpaired) electrons. The van der Waals surface area contributed by atoms with Crippen LogP contribution in [0.2, 0.25) is 0 Å². The quantitative estimate of drug-likeness (QED) is 0.689. The highest BCUT2D eigenvalue weighted by molar-refractivity contribution is 5.87. The molecule has 3 aliphatic rings. The molecule has 0 heterocycles. The van der Waals surface area contributed by atoms with Gasteiger partial charge < -0.3 is 14.2 Å². The monoisotopic (exact) mass is 366 g/mol. The van der Waals surface area contributed by atoms with Gasteiger partial charge in [0.2, 0.25) is 0 Å². The van der Waals surface area contributed by atoms with E-state index < -0.39 is 0 Å². The maximum Gasteiger partial charge on any atom is 0.146 e. The summed E-state index contributed by atoms with van der Waals surface area (Å²) < 4.78 is 17.6. The third-order valence-corrected chi connectivity index (χ3v) is 8.66. The van der Waals surface area contributed by atoms with Crippen molar-refractivity contribution in [1.29, 1.82) is 0 Å². The summed E-state index contributed by atoms with van der Waals surface area (Å²) in [6.45, 7) is 11.5. The second-order valence-electron chi connectivity index (χ2n) is 10.1. The van der Waals surface area contributed by atoms with Crippen LogP contribution in [0.25, 0.3) is 0 Å². The molecular weight excluding hydrogens is 328 g/mol. The summed E-state index contributed by atoms with van der Waals surface area (Å²) in [7, 11) is 3.51. The highest BCUT2D eigenvalue weighted by Gasteiger charge is 2.67. The van der Waals surface area contributed by atoms with Crippen molar-refractivity contribution in [3.05, 3.63) is 0 Å². The highest BCUT2D eigenvalue weighted by atomic mass is 16.7. The van der Waals surface area contributed by atoms with Gasteiger partial charge in [0.05, 0.1) is 12.2 Å². The van der Waals surface area contributed by atoms with Gasteiger partial charge in [-0.1, -0.05) is 34.6 Å². The Morgan fingerprint density at radius 2 is 1.73 bits per heavy atom. The first kappa shape index (κ1) is 20.3. The van der Waals surface area contributed by atoms with Crippen LogP contribution in [-0.2, 0) is 19.0 Å². The lowest BCUT2D eigenvalue weighted by Gasteiger charge is -2.62. The zero-order valence-corrected chi connectivity index (χ0v) is 17.8. The van der Waals surface area contributed by atoms with Crippen molar-refractivity contribution in [2.75, 3.05) is 21.0 Å². The molecule has 4 nitrogen and oxygen atoms in total. The van der Waals surface area contributed by atoms with Gasteiger partial charge in [0.25, 0.3) is 0 Å². The molecule has 0 aliphatic heterocycles. The van der Waals surface area contributed by atoms with E-state index in [2.05, 4.69) is 34.6 Å². The molecule has 0 spiro atoms. The Kier molecular flexibility index (Phi) is 5.35. The van der Waals surface area contributed by atoms with Crippen LogP contribution in [0, 0.1) is 34.0 Å². The topological polar surface area (TPSA) is 44.8 Å². The number of carbonyl (C=O) groups is 1. The second-order valence-corrected chi connectivity index (χ2v) is 10.1. The van der Waals surface area contributed by atoms with E-state index in [4.69, 9.17) is 14.2 Å². The maximum absolute atomic E-state index is 13.5. The van der Waals surface area contributed by atoms with Gasteiger partial charge in [0.15, 0.2) is 0 Å². The highest BCUT2D eigenvalue weighted by Crippen LogP contribution is 2.68. The van der Waals surface area contributed by atoms with Crippen LogP contribution in [0.3, 0.4) is 0 Å². The van der Waals surface area contributed by atoms with E-state index in [0.29, 0.717) is 17.6 Å². The number of rotatable bonds is 4. The van der Waals surface area contributed by atoms with E-state index in [-0.39, 0.29) is 41.2 Å². The van der Waals surface area contributed by atoms with E-state index in [0.717, 1.165) is 32.1 Å². The fourth-order valence-corrected chi connectivity index (χ4v) is 7.00. The van der Waals surface area contributed by atoms with Crippen LogP contribution in [0.5, 0.6) is 0 Å². The molecular formula is C22H38O4. The number of hydrogen-bond donors (Lipinski definition) is 0. The summed E-state index contributed by atoms with van der Waals surface area (Å²) >= 11 is 0. The Bertz CT molecular complexity index is 544. The normalized spacial score (nSPS) is 48.0. The summed E-state index contributed by atoms with van der Waals surface area (Å²) in [4.78, 5) is 13.5. The summed E-state index contributed by atoms with van der Waals surface area (Å²) in [5, 5.41) is 0. The predicted molar refractivity (Wildman–Crippen MR) is 102 cm³/mol. The Labute approximate surface area is 159 Å². The van der Waals surface area contributed by atoms with E-state index >= 15 is 0 Å². The van der Waals surface area contributed by atoms with Crippen molar-refractivity contribution in [3.63, 3.8) is 0 Å². The number of carbonyl (C=O) groups excluding carboxylic acids is 1. The maximum atomic E-state index is 13.5. The Morgan fingerprint density at radius 3 is 2.35 bits per heavy atom. The standard InChI is InChI=1S/C22H38O4/c1-14-8-10-22-11-9-16(25-7)18(22)21(14,5)17(26-13-24-6)12-20(3,4)19(23)15(22)2/h14-18H,8-13H2,1-7H3/t14-,15+,16-,17-,18?,21+,22?/m1/s1. The minimum atomic E-state index is -0.376. The molecule has 2 bridgehead atoms. The minimum absolute atomic E-state index is 0.00400. The van der Waals surface area contributed by atoms with Gasteiger partial charge in [-0.25, -0.2) is 0 Å². The van der Waals surface area contributed by atoms with Crippen molar-refractivity contribution in [2.24, 2.45) is 34.0 Å². The summed E-state index contributed by atoms with van der Waals surface area (Å²) in [5.74, 6) is 1.38. The Balaban J connectivity index is 2.16. The van der Waals surface area contributed by atoms with Crippen molar-refractivity contribution in [1.82, 2.24) is 0 Å². The molecule has 0 N–H and O–H groups in total. The first-order valence-corrected chi connectivity index (χ1v) is 10.3. The lowest BCUT2D eigenvalue weighted by Crippen LogP contribution is -2.62. The molecule has 3 fully saturated rings. The molecule has 0 saturated heterocycles. The Morgan fingerprint density at radius 1 is 1.08 bits per heavy atom. The molecule has 0 aromatic rings. The van der Waals surface area contributed by atoms with Crippen LogP contribution >= 0.6 is 0 Å². The molecule has 4 heteroatoms. The molecule has 3 aliphatic carbocycles. The summed E-state index contributed by atoms with van der Waals surface area (Å²) in [6.07, 6.45) is 5.42. The van der Waals surface area contributed by atoms with Gasteiger partial charge in [0, 0.05) is 31.0 Å². The van der Waals surface area contributed by atoms with Crippen LogP contribution in [0.1, 0.15) is 66.7 Å². The van der Waals surface area contributed by atoms with Gasteiger partial charge in [-0.05, 0) is 49.4 Å². The minimum Gasteiger partial charge on any atom is -0.381 e. The first-order valence-electron chi connectivity index (χ1n) is 10.3. The number of ether oxygens (including phenoxy) is 3. The predicted octanol–water partition coefficient (Wildman–Crippen LogP) is 4.46. The lowest BCUT2D eigenvalue weighted by atomic mass is 9.44. The van der Waals surface area contributed by atoms with Crippen LogP contribution in [0.15, 0.2) is 0 Å². The number of hydrogen-bond acceptors (Lipinski definition) is 4. The summed E-state index contributed by atoms with van der Waals surface area (Å²) in [6, 6.07) is 0. The zero-order chi connectivity index (χ0) is 19.3. The lowest BCUT2D eigenvalue weighted by molar-refractivity contribution is -0.218. The SMILES string of the molecule is COCO[C@@H]1CC(C)(C)C(=O)[C@H](C)C23CC[C@@H](C)[C@]1(C)C2[C@H](OC)CC3. The molecule has 3 saturated carbocycles. The number of Topliss-reactive ketones (excluding diaryl/α,β-unsaturated/α-hetero) is 1. The molecule has 7 atom stereocenters. The smallest absolute Gasteiger partial charge is 0.146 e. The number of methoxy groups -OCH3 is 2. The first-order chi connectivity index (χ1) is 12.1. The third kappa shape index (κ3) is 2.70. The number of ketones is 1. The van der Waals surface area contributed by atoms with E-state index in [1.54, 1.807) is 7.11 Å². The average Bonchev–Trinajstić information content (AvgIpc) is 3.00. The van der Waals surface area contributed by atoms with Gasteiger partial charge in [-0.2, -0.15) is 0 Å². The van der Waals surface area contributed by atoms with E-state index in [1.807, 2.05) is 7.11 Å². The second kappa shape index (κ2) is 6.86. The van der Waals surface area contributed by atoms with Crippen molar-refractivity contribution < 1.29 is 19.0 Å². The van der Waals surface area contributed by atoms with Crippen molar-refractivity contribution in [3.8, 4) is 0 Å². The summed E-state index contributed by atoms with van der Waals surface area (Å²) in [5.41, 5.74) is -0.342. The van der Waals surface area contributed by atoms with Gasteiger partial charge in [-0.3, -0.25) is 4.79 Å². The Hall–Kier alpha value is -0.450. The van der Waals surface area contributed by atoms with E-state index in [1.165, 1.54) is 0 Å². The molecule has 26 heavy (non-hydrogen) atoms. The van der Waals surface area contributed by atoms with E-state index in [9.17, 15) is 4.79 Å². The van der Waals surface area contributed by atoms with Crippen molar-refractivity contribution >= 4 is 5.78 Å². The molecule has 0 aromatic carbocycles. The molecule has 2 unspecified atom stereocenters. The fourth-order valence-electron chi connectivity index (χ4n) is 7.00. The van der Waals surface area contributed by atoms with Gasteiger partial charge in [0.1, 0.15) is 12.6 Å².